The number of likely N-dealkylation sites (tertiary alicyclic amines) is 1. The van der Waals surface area contributed by atoms with Gasteiger partial charge in [-0.05, 0) is 62.6 Å². The normalized spacial score (nSPS) is 14.6. The molecular weight excluding hydrogens is 453 g/mol. The number of carbonyl (C=O) groups is 1. The third-order valence-corrected chi connectivity index (χ3v) is 6.67. The van der Waals surface area contributed by atoms with E-state index >= 15 is 0 Å². The molecule has 4 aromatic rings. The summed E-state index contributed by atoms with van der Waals surface area (Å²) in [7, 11) is 0. The monoisotopic (exact) mass is 483 g/mol. The number of rotatable bonds is 6. The van der Waals surface area contributed by atoms with E-state index in [2.05, 4.69) is 15.2 Å². The van der Waals surface area contributed by atoms with Gasteiger partial charge < -0.3 is 10.1 Å². The van der Waals surface area contributed by atoms with Gasteiger partial charge in [0.15, 0.2) is 0 Å². The number of hydrogen-bond acceptors (Lipinski definition) is 4. The zero-order valence-corrected chi connectivity index (χ0v) is 20.6. The molecule has 1 fully saturated rings. The number of carbonyl (C=O) groups excluding carboxylic acids is 1. The van der Waals surface area contributed by atoms with Gasteiger partial charge in [0, 0.05) is 48.0 Å². The molecule has 0 aliphatic carbocycles. The Kier molecular flexibility index (Phi) is 6.96. The molecule has 36 heavy (non-hydrogen) atoms. The lowest BCUT2D eigenvalue weighted by molar-refractivity contribution is 0.0961. The molecule has 1 N–H and O–H groups in total. The fourth-order valence-electron chi connectivity index (χ4n) is 4.72. The molecule has 5 nitrogen and oxygen atoms in total. The lowest BCUT2D eigenvalue weighted by Crippen LogP contribution is -2.38. The van der Waals surface area contributed by atoms with Gasteiger partial charge in [-0.2, -0.15) is 0 Å². The molecule has 3 aromatic carbocycles. The van der Waals surface area contributed by atoms with Crippen LogP contribution in [0.3, 0.4) is 0 Å². The second-order valence-corrected chi connectivity index (χ2v) is 9.47. The number of aryl methyl sites for hydroxylation is 2. The van der Waals surface area contributed by atoms with E-state index < -0.39 is 0 Å². The largest absolute Gasteiger partial charge is 0.490 e. The number of pyridine rings is 1. The van der Waals surface area contributed by atoms with Crippen LogP contribution in [0.1, 0.15) is 40.0 Å². The maximum atomic E-state index is 14.3. The van der Waals surface area contributed by atoms with Crippen LogP contribution in [0, 0.1) is 19.7 Å². The van der Waals surface area contributed by atoms with Crippen molar-refractivity contribution in [2.24, 2.45) is 0 Å². The second-order valence-electron chi connectivity index (χ2n) is 9.47. The van der Waals surface area contributed by atoms with Gasteiger partial charge in [-0.25, -0.2) is 9.37 Å². The summed E-state index contributed by atoms with van der Waals surface area (Å²) < 4.78 is 20.6. The van der Waals surface area contributed by atoms with Crippen molar-refractivity contribution >= 4 is 22.5 Å². The van der Waals surface area contributed by atoms with Crippen molar-refractivity contribution in [3.05, 3.63) is 101 Å². The van der Waals surface area contributed by atoms with Crippen LogP contribution in [0.2, 0.25) is 0 Å². The zero-order valence-electron chi connectivity index (χ0n) is 20.6. The molecule has 0 bridgehead atoms. The third kappa shape index (κ3) is 5.39. The summed E-state index contributed by atoms with van der Waals surface area (Å²) in [6.07, 6.45) is 1.76. The van der Waals surface area contributed by atoms with Crippen molar-refractivity contribution in [3.8, 4) is 5.75 Å². The minimum Gasteiger partial charge on any atom is -0.490 e. The number of halogens is 1. The van der Waals surface area contributed by atoms with Gasteiger partial charge in [0.25, 0.3) is 5.91 Å². The number of para-hydroxylation sites is 1. The zero-order chi connectivity index (χ0) is 25.1. The molecule has 1 aliphatic rings. The van der Waals surface area contributed by atoms with Crippen LogP contribution in [0.15, 0.2) is 72.8 Å². The van der Waals surface area contributed by atoms with Crippen LogP contribution >= 0.6 is 0 Å². The molecule has 0 radical (unpaired) electrons. The Balaban J connectivity index is 1.22. The number of benzene rings is 3. The van der Waals surface area contributed by atoms with Crippen molar-refractivity contribution < 1.29 is 13.9 Å². The summed E-state index contributed by atoms with van der Waals surface area (Å²) >= 11 is 0. The standard InChI is InChI=1S/C30H30FN3O2/c1-20-10-12-23(13-11-20)33-30(35)25-7-4-3-6-22(25)19-34-16-14-24(15-17-34)36-28-18-21(2)32-29-26(28)8-5-9-27(29)31/h3-13,18,24H,14-17,19H2,1-2H3,(H,33,35). The Bertz CT molecular complexity index is 1380. The van der Waals surface area contributed by atoms with E-state index in [1.54, 1.807) is 6.07 Å². The molecule has 1 amide bonds. The predicted molar refractivity (Wildman–Crippen MR) is 141 cm³/mol. The maximum Gasteiger partial charge on any atom is 0.255 e. The highest BCUT2D eigenvalue weighted by molar-refractivity contribution is 6.05. The molecule has 5 rings (SSSR count). The maximum absolute atomic E-state index is 14.3. The molecule has 1 aromatic heterocycles. The summed E-state index contributed by atoms with van der Waals surface area (Å²) in [6.45, 7) is 6.29. The first-order valence-electron chi connectivity index (χ1n) is 12.4. The molecule has 0 atom stereocenters. The number of piperidine rings is 1. The smallest absolute Gasteiger partial charge is 0.255 e. The molecule has 2 heterocycles. The van der Waals surface area contributed by atoms with E-state index in [1.165, 1.54) is 6.07 Å². The number of amides is 1. The van der Waals surface area contributed by atoms with E-state index in [9.17, 15) is 9.18 Å². The Hall–Kier alpha value is -3.77. The molecule has 6 heteroatoms. The number of aromatic nitrogens is 1. The molecule has 0 saturated carbocycles. The average molecular weight is 484 g/mol. The Morgan fingerprint density at radius 1 is 1.03 bits per heavy atom. The minimum absolute atomic E-state index is 0.0506. The van der Waals surface area contributed by atoms with E-state index in [4.69, 9.17) is 4.74 Å². The Morgan fingerprint density at radius 2 is 1.78 bits per heavy atom. The fourth-order valence-corrected chi connectivity index (χ4v) is 4.72. The number of ether oxygens (including phenoxy) is 1. The number of anilines is 1. The lowest BCUT2D eigenvalue weighted by Gasteiger charge is -2.32. The van der Waals surface area contributed by atoms with Crippen LogP contribution in [0.5, 0.6) is 5.75 Å². The highest BCUT2D eigenvalue weighted by Gasteiger charge is 2.23. The first kappa shape index (κ1) is 23.9. The van der Waals surface area contributed by atoms with Crippen molar-refractivity contribution in [2.75, 3.05) is 18.4 Å². The number of fused-ring (bicyclic) bond motifs is 1. The van der Waals surface area contributed by atoms with Crippen molar-refractivity contribution in [3.63, 3.8) is 0 Å². The highest BCUT2D eigenvalue weighted by Crippen LogP contribution is 2.30. The molecule has 1 saturated heterocycles. The summed E-state index contributed by atoms with van der Waals surface area (Å²) in [5.41, 5.74) is 4.73. The topological polar surface area (TPSA) is 54.5 Å². The van der Waals surface area contributed by atoms with Crippen molar-refractivity contribution in [2.45, 2.75) is 39.3 Å². The van der Waals surface area contributed by atoms with Crippen molar-refractivity contribution in [1.29, 1.82) is 0 Å². The van der Waals surface area contributed by atoms with Crippen LogP contribution in [0.25, 0.3) is 10.9 Å². The van der Waals surface area contributed by atoms with E-state index in [0.29, 0.717) is 28.8 Å². The molecular formula is C30H30FN3O2. The fraction of sp³-hybridized carbons (Fsp3) is 0.267. The first-order chi connectivity index (χ1) is 17.5. The second kappa shape index (κ2) is 10.5. The van der Waals surface area contributed by atoms with E-state index in [0.717, 1.165) is 48.4 Å². The van der Waals surface area contributed by atoms with Crippen LogP contribution in [-0.4, -0.2) is 35.0 Å². The summed E-state index contributed by atoms with van der Waals surface area (Å²) in [5.74, 6) is 0.259. The van der Waals surface area contributed by atoms with Gasteiger partial charge in [-0.3, -0.25) is 9.69 Å². The van der Waals surface area contributed by atoms with E-state index in [1.807, 2.05) is 74.5 Å². The lowest BCUT2D eigenvalue weighted by atomic mass is 10.0. The van der Waals surface area contributed by atoms with Gasteiger partial charge in [0.05, 0.1) is 0 Å². The molecule has 184 valence electrons. The quantitative estimate of drug-likeness (QED) is 0.350. The Morgan fingerprint density at radius 3 is 2.56 bits per heavy atom. The SMILES string of the molecule is Cc1ccc(NC(=O)c2ccccc2CN2CCC(Oc3cc(C)nc4c(F)cccc34)CC2)cc1. The number of nitrogens with one attached hydrogen (secondary N) is 1. The summed E-state index contributed by atoms with van der Waals surface area (Å²) in [5, 5.41) is 3.72. The van der Waals surface area contributed by atoms with Gasteiger partial charge in [0.2, 0.25) is 0 Å². The van der Waals surface area contributed by atoms with Gasteiger partial charge >= 0.3 is 0 Å². The minimum atomic E-state index is -0.332. The average Bonchev–Trinajstić information content (AvgIpc) is 2.87. The van der Waals surface area contributed by atoms with Crippen LogP contribution < -0.4 is 10.1 Å². The van der Waals surface area contributed by atoms with Gasteiger partial charge in [-0.15, -0.1) is 0 Å². The molecule has 0 unspecified atom stereocenters. The first-order valence-corrected chi connectivity index (χ1v) is 12.4. The number of nitrogens with zero attached hydrogens (tertiary/aromatic N) is 2. The number of hydrogen-bond donors (Lipinski definition) is 1. The molecule has 0 spiro atoms. The molecule has 1 aliphatic heterocycles. The third-order valence-electron chi connectivity index (χ3n) is 6.67. The summed E-state index contributed by atoms with van der Waals surface area (Å²) in [4.78, 5) is 19.7. The predicted octanol–water partition coefficient (Wildman–Crippen LogP) is 6.29. The Labute approximate surface area is 210 Å². The van der Waals surface area contributed by atoms with E-state index in [-0.39, 0.29) is 17.8 Å². The van der Waals surface area contributed by atoms with Crippen LogP contribution in [-0.2, 0) is 6.54 Å². The van der Waals surface area contributed by atoms with Crippen LogP contribution in [0.4, 0.5) is 10.1 Å². The highest BCUT2D eigenvalue weighted by atomic mass is 19.1. The summed E-state index contributed by atoms with van der Waals surface area (Å²) in [6, 6.07) is 22.4. The van der Waals surface area contributed by atoms with Crippen molar-refractivity contribution in [1.82, 2.24) is 9.88 Å². The van der Waals surface area contributed by atoms with Gasteiger partial charge in [0.1, 0.15) is 23.2 Å². The van der Waals surface area contributed by atoms with Gasteiger partial charge in [-0.1, -0.05) is 42.0 Å².